The number of hydrogen-bond donors (Lipinski definition) is 3. The summed E-state index contributed by atoms with van der Waals surface area (Å²) in [6.07, 6.45) is 1.35. The molecule has 0 atom stereocenters. The molecule has 126 valence electrons. The van der Waals surface area contributed by atoms with Gasteiger partial charge in [0, 0.05) is 20.2 Å². The molecule has 0 aliphatic heterocycles. The Morgan fingerprint density at radius 1 is 1.29 bits per heavy atom. The van der Waals surface area contributed by atoms with Gasteiger partial charge in [0.25, 0.3) is 5.91 Å². The Balaban J connectivity index is 1.89. The molecule has 0 fully saturated rings. The quantitative estimate of drug-likeness (QED) is 0.459. The van der Waals surface area contributed by atoms with Crippen LogP contribution in [0.15, 0.2) is 50.4 Å². The number of phenols is 1. The van der Waals surface area contributed by atoms with Gasteiger partial charge < -0.3 is 15.2 Å². The molecule has 0 saturated carbocycles. The van der Waals surface area contributed by atoms with Crippen LogP contribution in [0.2, 0.25) is 0 Å². The number of hydrogen-bond acceptors (Lipinski definition) is 5. The first kappa shape index (κ1) is 18.3. The summed E-state index contributed by atoms with van der Waals surface area (Å²) in [6, 6.07) is 10.3. The van der Waals surface area contributed by atoms with Crippen LogP contribution in [0, 0.1) is 0 Å². The number of carbonyl (C=O) groups excluding carboxylic acids is 1. The Hall–Kier alpha value is -2.06. The number of rotatable bonds is 6. The number of methoxy groups -OCH3 is 1. The van der Waals surface area contributed by atoms with Gasteiger partial charge in [-0.1, -0.05) is 15.9 Å². The Morgan fingerprint density at radius 2 is 2.08 bits per heavy atom. The van der Waals surface area contributed by atoms with Crippen LogP contribution in [0.5, 0.6) is 11.5 Å². The molecular weight excluding hydrogens is 442 g/mol. The highest BCUT2D eigenvalue weighted by Crippen LogP contribution is 2.25. The summed E-state index contributed by atoms with van der Waals surface area (Å²) in [6.45, 7) is 0.0572. The molecule has 2 aromatic rings. The van der Waals surface area contributed by atoms with Crippen LogP contribution in [0.4, 0.5) is 5.69 Å². The summed E-state index contributed by atoms with van der Waals surface area (Å²) >= 11 is 6.77. The number of halogens is 2. The molecule has 0 aromatic heterocycles. The number of anilines is 1. The van der Waals surface area contributed by atoms with E-state index in [9.17, 15) is 9.90 Å². The van der Waals surface area contributed by atoms with Crippen molar-refractivity contribution in [3.8, 4) is 11.5 Å². The fourth-order valence-corrected chi connectivity index (χ4v) is 2.97. The van der Waals surface area contributed by atoms with Gasteiger partial charge in [-0.25, -0.2) is 5.43 Å². The molecule has 0 radical (unpaired) electrons. The van der Waals surface area contributed by atoms with Crippen LogP contribution in [0.25, 0.3) is 0 Å². The van der Waals surface area contributed by atoms with E-state index in [1.54, 1.807) is 12.1 Å². The zero-order valence-corrected chi connectivity index (χ0v) is 15.9. The summed E-state index contributed by atoms with van der Waals surface area (Å²) in [5.74, 6) is 0.316. The van der Waals surface area contributed by atoms with E-state index < -0.39 is 0 Å². The van der Waals surface area contributed by atoms with Gasteiger partial charge in [-0.15, -0.1) is 0 Å². The van der Waals surface area contributed by atoms with Crippen molar-refractivity contribution in [1.82, 2.24) is 5.43 Å². The molecule has 2 aromatic carbocycles. The van der Waals surface area contributed by atoms with Gasteiger partial charge in [0.1, 0.15) is 11.5 Å². The smallest absolute Gasteiger partial charge is 0.259 e. The summed E-state index contributed by atoms with van der Waals surface area (Å²) in [5.41, 5.74) is 3.63. The molecule has 0 aliphatic carbocycles. The number of ether oxygens (including phenoxy) is 1. The third-order valence-corrected chi connectivity index (χ3v) is 4.15. The van der Waals surface area contributed by atoms with E-state index in [1.165, 1.54) is 19.4 Å². The molecule has 0 unspecified atom stereocenters. The normalized spacial score (nSPS) is 10.6. The maximum atomic E-state index is 11.8. The Bertz CT molecular complexity index is 766. The van der Waals surface area contributed by atoms with Crippen LogP contribution >= 0.6 is 31.9 Å². The Kier molecular flexibility index (Phi) is 6.62. The minimum Gasteiger partial charge on any atom is -0.507 e. The van der Waals surface area contributed by atoms with Gasteiger partial charge in [-0.05, 0) is 52.3 Å². The number of benzene rings is 2. The van der Waals surface area contributed by atoms with Crippen molar-refractivity contribution in [2.75, 3.05) is 19.0 Å². The molecule has 6 nitrogen and oxygen atoms in total. The topological polar surface area (TPSA) is 83.0 Å². The molecule has 8 heteroatoms. The molecular formula is C16H15Br2N3O3. The van der Waals surface area contributed by atoms with Gasteiger partial charge in [0.2, 0.25) is 0 Å². The van der Waals surface area contributed by atoms with Crippen LogP contribution < -0.4 is 15.5 Å². The maximum Gasteiger partial charge on any atom is 0.259 e. The number of carbonyl (C=O) groups is 1. The minimum atomic E-state index is -0.316. The van der Waals surface area contributed by atoms with E-state index in [0.717, 1.165) is 14.6 Å². The van der Waals surface area contributed by atoms with E-state index in [1.807, 2.05) is 18.2 Å². The standard InChI is InChI=1S/C16H15Br2N3O3/c1-24-12-3-5-15(22)10(6-12)8-20-21-16(23)9-19-14-4-2-11(17)7-13(14)18/h2-8,19,22H,9H2,1H3,(H,21,23)/b20-8+. The van der Waals surface area contributed by atoms with Crippen LogP contribution in [0.1, 0.15) is 5.56 Å². The largest absolute Gasteiger partial charge is 0.507 e. The molecule has 0 saturated heterocycles. The van der Waals surface area contributed by atoms with Crippen LogP contribution in [-0.2, 0) is 4.79 Å². The highest BCUT2D eigenvalue weighted by molar-refractivity contribution is 9.11. The lowest BCUT2D eigenvalue weighted by atomic mass is 10.2. The Labute approximate surface area is 156 Å². The lowest BCUT2D eigenvalue weighted by Crippen LogP contribution is -2.26. The lowest BCUT2D eigenvalue weighted by molar-refractivity contribution is -0.119. The predicted molar refractivity (Wildman–Crippen MR) is 101 cm³/mol. The average Bonchev–Trinajstić information content (AvgIpc) is 2.55. The highest BCUT2D eigenvalue weighted by atomic mass is 79.9. The molecule has 24 heavy (non-hydrogen) atoms. The van der Waals surface area contributed by atoms with E-state index >= 15 is 0 Å². The maximum absolute atomic E-state index is 11.8. The van der Waals surface area contributed by atoms with Crippen molar-refractivity contribution in [1.29, 1.82) is 0 Å². The molecule has 0 aliphatic rings. The fraction of sp³-hybridized carbons (Fsp3) is 0.125. The van der Waals surface area contributed by atoms with Gasteiger partial charge >= 0.3 is 0 Å². The second-order valence-corrected chi connectivity index (χ2v) is 6.47. The summed E-state index contributed by atoms with van der Waals surface area (Å²) < 4.78 is 6.85. The molecule has 2 rings (SSSR count). The van der Waals surface area contributed by atoms with E-state index in [2.05, 4.69) is 47.7 Å². The number of amides is 1. The number of phenolic OH excluding ortho intramolecular Hbond substituents is 1. The summed E-state index contributed by atoms with van der Waals surface area (Å²) in [5, 5.41) is 16.5. The van der Waals surface area contributed by atoms with Crippen LogP contribution in [0.3, 0.4) is 0 Å². The molecule has 0 spiro atoms. The fourth-order valence-electron chi connectivity index (χ4n) is 1.78. The number of hydrazone groups is 1. The van der Waals surface area contributed by atoms with Crippen molar-refractivity contribution in [2.45, 2.75) is 0 Å². The monoisotopic (exact) mass is 455 g/mol. The van der Waals surface area contributed by atoms with Crippen molar-refractivity contribution < 1.29 is 14.6 Å². The predicted octanol–water partition coefficient (Wildman–Crippen LogP) is 3.49. The van der Waals surface area contributed by atoms with E-state index in [0.29, 0.717) is 11.3 Å². The summed E-state index contributed by atoms with van der Waals surface area (Å²) in [4.78, 5) is 11.8. The average molecular weight is 457 g/mol. The first-order chi connectivity index (χ1) is 11.5. The highest BCUT2D eigenvalue weighted by Gasteiger charge is 2.04. The number of nitrogens with zero attached hydrogens (tertiary/aromatic N) is 1. The van der Waals surface area contributed by atoms with Crippen molar-refractivity contribution in [3.63, 3.8) is 0 Å². The van der Waals surface area contributed by atoms with Gasteiger partial charge in [0.05, 0.1) is 19.9 Å². The third-order valence-electron chi connectivity index (χ3n) is 3.00. The zero-order chi connectivity index (χ0) is 17.5. The first-order valence-electron chi connectivity index (χ1n) is 6.87. The lowest BCUT2D eigenvalue weighted by Gasteiger charge is -2.08. The molecule has 3 N–H and O–H groups in total. The molecule has 0 heterocycles. The van der Waals surface area contributed by atoms with E-state index in [4.69, 9.17) is 4.74 Å². The molecule has 1 amide bonds. The van der Waals surface area contributed by atoms with Crippen molar-refractivity contribution >= 4 is 49.7 Å². The number of nitrogens with one attached hydrogen (secondary N) is 2. The number of aromatic hydroxyl groups is 1. The van der Waals surface area contributed by atoms with Crippen LogP contribution in [-0.4, -0.2) is 30.9 Å². The van der Waals surface area contributed by atoms with E-state index in [-0.39, 0.29) is 18.2 Å². The van der Waals surface area contributed by atoms with Gasteiger partial charge in [-0.3, -0.25) is 4.79 Å². The molecule has 0 bridgehead atoms. The summed E-state index contributed by atoms with van der Waals surface area (Å²) in [7, 11) is 1.53. The van der Waals surface area contributed by atoms with Crippen molar-refractivity contribution in [3.05, 3.63) is 50.9 Å². The van der Waals surface area contributed by atoms with Gasteiger partial charge in [-0.2, -0.15) is 5.10 Å². The van der Waals surface area contributed by atoms with Crippen molar-refractivity contribution in [2.24, 2.45) is 5.10 Å². The van der Waals surface area contributed by atoms with Gasteiger partial charge in [0.15, 0.2) is 0 Å². The minimum absolute atomic E-state index is 0.0470. The first-order valence-corrected chi connectivity index (χ1v) is 8.46. The SMILES string of the molecule is COc1ccc(O)c(/C=N/NC(=O)CNc2ccc(Br)cc2Br)c1. The second kappa shape index (κ2) is 8.70. The zero-order valence-electron chi connectivity index (χ0n) is 12.7. The third kappa shape index (κ3) is 5.24. The Morgan fingerprint density at radius 3 is 2.79 bits per heavy atom. The second-order valence-electron chi connectivity index (χ2n) is 4.70.